The lowest BCUT2D eigenvalue weighted by atomic mass is 9.88. The summed E-state index contributed by atoms with van der Waals surface area (Å²) in [5.41, 5.74) is 0.981. The van der Waals surface area contributed by atoms with Crippen molar-refractivity contribution in [2.24, 2.45) is 0 Å². The van der Waals surface area contributed by atoms with Gasteiger partial charge in [-0.1, -0.05) is 20.8 Å². The molecule has 11 heavy (non-hydrogen) atoms. The molecule has 0 saturated heterocycles. The van der Waals surface area contributed by atoms with Gasteiger partial charge in [0.15, 0.2) is 0 Å². The minimum absolute atomic E-state index is 0.00375. The van der Waals surface area contributed by atoms with E-state index in [4.69, 9.17) is 0 Å². The summed E-state index contributed by atoms with van der Waals surface area (Å²) in [7, 11) is 0. The Kier molecular flexibility index (Phi) is 1.94. The van der Waals surface area contributed by atoms with Gasteiger partial charge in [0.05, 0.1) is 0 Å². The van der Waals surface area contributed by atoms with Crippen molar-refractivity contribution in [1.29, 1.82) is 0 Å². The van der Waals surface area contributed by atoms with E-state index in [-0.39, 0.29) is 5.41 Å². The molecule has 1 aromatic heterocycles. The zero-order chi connectivity index (χ0) is 8.48. The van der Waals surface area contributed by atoms with Crippen LogP contribution in [0.25, 0.3) is 0 Å². The third kappa shape index (κ3) is 2.00. The molecule has 0 amide bonds. The van der Waals surface area contributed by atoms with E-state index < -0.39 is 5.95 Å². The Balaban J connectivity index is 3.06. The summed E-state index contributed by atoms with van der Waals surface area (Å²) < 4.78 is 12.6. The Bertz CT molecular complexity index is 250. The van der Waals surface area contributed by atoms with Crippen LogP contribution in [0.2, 0.25) is 0 Å². The Morgan fingerprint density at radius 1 is 1.36 bits per heavy atom. The summed E-state index contributed by atoms with van der Waals surface area (Å²) in [4.78, 5) is 3.49. The van der Waals surface area contributed by atoms with Gasteiger partial charge in [-0.15, -0.1) is 0 Å². The molecule has 0 N–H and O–H groups in total. The molecule has 0 aliphatic heterocycles. The molecular weight excluding hydrogens is 141 g/mol. The third-order valence-corrected chi connectivity index (χ3v) is 1.59. The monoisotopic (exact) mass is 153 g/mol. The van der Waals surface area contributed by atoms with Crippen LogP contribution in [0.3, 0.4) is 0 Å². The van der Waals surface area contributed by atoms with Gasteiger partial charge in [-0.25, -0.2) is 4.98 Å². The van der Waals surface area contributed by atoms with E-state index in [1.165, 1.54) is 12.3 Å². The highest BCUT2D eigenvalue weighted by molar-refractivity contribution is 5.19. The highest BCUT2D eigenvalue weighted by Crippen LogP contribution is 2.21. The predicted octanol–water partition coefficient (Wildman–Crippen LogP) is 2.52. The summed E-state index contributed by atoms with van der Waals surface area (Å²) >= 11 is 0. The van der Waals surface area contributed by atoms with E-state index in [0.29, 0.717) is 0 Å². The second-order valence-corrected chi connectivity index (χ2v) is 3.62. The number of rotatable bonds is 0. The van der Waals surface area contributed by atoms with Gasteiger partial charge in [0, 0.05) is 6.20 Å². The first-order valence-electron chi connectivity index (χ1n) is 3.62. The van der Waals surface area contributed by atoms with Gasteiger partial charge in [0.25, 0.3) is 0 Å². The van der Waals surface area contributed by atoms with Gasteiger partial charge >= 0.3 is 0 Å². The van der Waals surface area contributed by atoms with Crippen molar-refractivity contribution < 1.29 is 4.39 Å². The molecule has 60 valence electrons. The normalized spacial score (nSPS) is 11.6. The van der Waals surface area contributed by atoms with Crippen LogP contribution in [0.1, 0.15) is 26.3 Å². The molecule has 1 heterocycles. The van der Waals surface area contributed by atoms with E-state index in [2.05, 4.69) is 4.98 Å². The molecule has 0 saturated carbocycles. The van der Waals surface area contributed by atoms with Gasteiger partial charge in [0.2, 0.25) is 5.95 Å². The SMILES string of the molecule is CC(C)(C)c1ccnc(F)c1. The Morgan fingerprint density at radius 2 is 2.00 bits per heavy atom. The molecule has 0 atom stereocenters. The van der Waals surface area contributed by atoms with Gasteiger partial charge in [-0.3, -0.25) is 0 Å². The van der Waals surface area contributed by atoms with Crippen LogP contribution in [0, 0.1) is 5.95 Å². The number of hydrogen-bond acceptors (Lipinski definition) is 1. The fourth-order valence-corrected chi connectivity index (χ4v) is 0.869. The van der Waals surface area contributed by atoms with E-state index in [9.17, 15) is 4.39 Å². The van der Waals surface area contributed by atoms with Crippen LogP contribution in [-0.4, -0.2) is 4.98 Å². The molecule has 0 unspecified atom stereocenters. The lowest BCUT2D eigenvalue weighted by molar-refractivity contribution is 0.551. The van der Waals surface area contributed by atoms with E-state index >= 15 is 0 Å². The quantitative estimate of drug-likeness (QED) is 0.522. The topological polar surface area (TPSA) is 12.9 Å². The van der Waals surface area contributed by atoms with Crippen molar-refractivity contribution in [2.45, 2.75) is 26.2 Å². The molecule has 0 aromatic carbocycles. The van der Waals surface area contributed by atoms with Crippen molar-refractivity contribution in [1.82, 2.24) is 4.98 Å². The van der Waals surface area contributed by atoms with E-state index in [0.717, 1.165) is 5.56 Å². The standard InChI is InChI=1S/C9H12FN/c1-9(2,3)7-4-5-11-8(10)6-7/h4-6H,1-3H3. The minimum Gasteiger partial charge on any atom is -0.228 e. The number of aromatic nitrogens is 1. The Hall–Kier alpha value is -0.920. The zero-order valence-electron chi connectivity index (χ0n) is 7.06. The lowest BCUT2D eigenvalue weighted by Gasteiger charge is -2.17. The van der Waals surface area contributed by atoms with E-state index in [1.807, 2.05) is 26.8 Å². The van der Waals surface area contributed by atoms with Gasteiger partial charge in [-0.05, 0) is 23.1 Å². The summed E-state index contributed by atoms with van der Waals surface area (Å²) in [6.07, 6.45) is 1.50. The van der Waals surface area contributed by atoms with Crippen molar-refractivity contribution in [3.63, 3.8) is 0 Å². The van der Waals surface area contributed by atoms with Crippen LogP contribution in [0.4, 0.5) is 4.39 Å². The molecule has 1 nitrogen and oxygen atoms in total. The summed E-state index contributed by atoms with van der Waals surface area (Å²) in [6, 6.07) is 3.31. The first-order chi connectivity index (χ1) is 5.00. The van der Waals surface area contributed by atoms with Gasteiger partial charge in [-0.2, -0.15) is 4.39 Å². The average Bonchev–Trinajstić information content (AvgIpc) is 1.86. The second-order valence-electron chi connectivity index (χ2n) is 3.62. The summed E-state index contributed by atoms with van der Waals surface area (Å²) in [5.74, 6) is -0.405. The smallest absolute Gasteiger partial charge is 0.213 e. The number of pyridine rings is 1. The maximum Gasteiger partial charge on any atom is 0.213 e. The van der Waals surface area contributed by atoms with Gasteiger partial charge in [0.1, 0.15) is 0 Å². The summed E-state index contributed by atoms with van der Waals surface area (Å²) in [5, 5.41) is 0. The molecular formula is C9H12FN. The second kappa shape index (κ2) is 2.61. The number of nitrogens with zero attached hydrogens (tertiary/aromatic N) is 1. The molecule has 0 radical (unpaired) electrons. The average molecular weight is 153 g/mol. The van der Waals surface area contributed by atoms with Crippen LogP contribution < -0.4 is 0 Å². The molecule has 2 heteroatoms. The van der Waals surface area contributed by atoms with Crippen molar-refractivity contribution in [3.8, 4) is 0 Å². The highest BCUT2D eigenvalue weighted by atomic mass is 19.1. The fraction of sp³-hybridized carbons (Fsp3) is 0.444. The molecule has 0 fully saturated rings. The number of hydrogen-bond donors (Lipinski definition) is 0. The first kappa shape index (κ1) is 8.18. The maximum absolute atomic E-state index is 12.6. The molecule has 1 aromatic rings. The molecule has 1 rings (SSSR count). The fourth-order valence-electron chi connectivity index (χ4n) is 0.869. The van der Waals surface area contributed by atoms with Crippen LogP contribution >= 0.6 is 0 Å². The molecule has 0 spiro atoms. The maximum atomic E-state index is 12.6. The first-order valence-corrected chi connectivity index (χ1v) is 3.62. The van der Waals surface area contributed by atoms with Crippen LogP contribution in [-0.2, 0) is 5.41 Å². The highest BCUT2D eigenvalue weighted by Gasteiger charge is 2.13. The summed E-state index contributed by atoms with van der Waals surface area (Å²) in [6.45, 7) is 6.13. The van der Waals surface area contributed by atoms with Gasteiger partial charge < -0.3 is 0 Å². The van der Waals surface area contributed by atoms with Crippen LogP contribution in [0.15, 0.2) is 18.3 Å². The minimum atomic E-state index is -0.405. The van der Waals surface area contributed by atoms with Crippen LogP contribution in [0.5, 0.6) is 0 Å². The van der Waals surface area contributed by atoms with Crippen molar-refractivity contribution in [2.75, 3.05) is 0 Å². The largest absolute Gasteiger partial charge is 0.228 e. The van der Waals surface area contributed by atoms with E-state index in [1.54, 1.807) is 0 Å². The molecule has 0 bridgehead atoms. The zero-order valence-corrected chi connectivity index (χ0v) is 7.06. The number of halogens is 1. The molecule has 0 aliphatic rings. The van der Waals surface area contributed by atoms with Crippen molar-refractivity contribution in [3.05, 3.63) is 29.8 Å². The Labute approximate surface area is 66.3 Å². The molecule has 0 aliphatic carbocycles. The third-order valence-electron chi connectivity index (χ3n) is 1.59. The predicted molar refractivity (Wildman–Crippen MR) is 42.9 cm³/mol. The van der Waals surface area contributed by atoms with Crippen molar-refractivity contribution >= 4 is 0 Å². The Morgan fingerprint density at radius 3 is 2.36 bits per heavy atom. The lowest BCUT2D eigenvalue weighted by Crippen LogP contribution is -2.11.